The van der Waals surface area contributed by atoms with Crippen LogP contribution in [0.25, 0.3) is 0 Å². The second-order valence-corrected chi connectivity index (χ2v) is 3.37. The van der Waals surface area contributed by atoms with E-state index in [0.717, 1.165) is 13.0 Å². The molecule has 1 fully saturated rings. The lowest BCUT2D eigenvalue weighted by atomic mass is 10.0. The van der Waals surface area contributed by atoms with Crippen molar-refractivity contribution in [2.45, 2.75) is 26.3 Å². The zero-order valence-electron chi connectivity index (χ0n) is 8.04. The molecule has 0 aromatic heterocycles. The molecule has 0 amide bonds. The molecule has 1 heterocycles. The molecule has 1 aliphatic rings. The third kappa shape index (κ3) is 1.78. The van der Waals surface area contributed by atoms with Crippen LogP contribution >= 0.6 is 0 Å². The highest BCUT2D eigenvalue weighted by atomic mass is 16.5. The SMILES string of the molecule is CCOC(=O)C1CCN(C)C1C. The number of carbonyl (C=O) groups excluding carboxylic acids is 1. The molecule has 0 spiro atoms. The highest BCUT2D eigenvalue weighted by Gasteiger charge is 2.34. The number of nitrogens with zero attached hydrogens (tertiary/aromatic N) is 1. The molecule has 1 rings (SSSR count). The fourth-order valence-corrected chi connectivity index (χ4v) is 1.66. The van der Waals surface area contributed by atoms with Gasteiger partial charge >= 0.3 is 5.97 Å². The minimum absolute atomic E-state index is 0.0330. The van der Waals surface area contributed by atoms with E-state index in [1.807, 2.05) is 14.0 Å². The third-order valence-corrected chi connectivity index (χ3v) is 2.66. The Morgan fingerprint density at radius 3 is 2.75 bits per heavy atom. The first-order valence-corrected chi connectivity index (χ1v) is 4.53. The van der Waals surface area contributed by atoms with Crippen molar-refractivity contribution in [2.75, 3.05) is 20.2 Å². The van der Waals surface area contributed by atoms with Crippen LogP contribution in [0, 0.1) is 5.92 Å². The summed E-state index contributed by atoms with van der Waals surface area (Å²) in [5.74, 6) is 0.0595. The molecule has 1 aliphatic heterocycles. The van der Waals surface area contributed by atoms with Gasteiger partial charge in [-0.2, -0.15) is 0 Å². The van der Waals surface area contributed by atoms with Crippen molar-refractivity contribution in [1.82, 2.24) is 4.90 Å². The van der Waals surface area contributed by atoms with Gasteiger partial charge < -0.3 is 9.64 Å². The number of ether oxygens (including phenoxy) is 1. The van der Waals surface area contributed by atoms with Gasteiger partial charge in [-0.3, -0.25) is 4.79 Å². The van der Waals surface area contributed by atoms with Gasteiger partial charge in [0.25, 0.3) is 0 Å². The van der Waals surface area contributed by atoms with Gasteiger partial charge in [-0.1, -0.05) is 0 Å². The molecule has 0 aromatic rings. The van der Waals surface area contributed by atoms with Crippen molar-refractivity contribution < 1.29 is 9.53 Å². The maximum absolute atomic E-state index is 11.4. The standard InChI is InChI=1S/C9H17NO2/c1-4-12-9(11)8-5-6-10(3)7(8)2/h7-8H,4-6H2,1-3H3. The minimum atomic E-state index is -0.0330. The fourth-order valence-electron chi connectivity index (χ4n) is 1.66. The first kappa shape index (κ1) is 9.52. The van der Waals surface area contributed by atoms with Crippen molar-refractivity contribution in [3.05, 3.63) is 0 Å². The quantitative estimate of drug-likeness (QED) is 0.578. The Balaban J connectivity index is 2.47. The molecule has 0 bridgehead atoms. The maximum Gasteiger partial charge on any atom is 0.310 e. The smallest absolute Gasteiger partial charge is 0.310 e. The monoisotopic (exact) mass is 171 g/mol. The highest BCUT2D eigenvalue weighted by Crippen LogP contribution is 2.23. The predicted molar refractivity (Wildman–Crippen MR) is 46.8 cm³/mol. The molecule has 0 N–H and O–H groups in total. The number of hydrogen-bond acceptors (Lipinski definition) is 3. The molecule has 0 radical (unpaired) electrons. The van der Waals surface area contributed by atoms with Crippen LogP contribution in [-0.2, 0) is 9.53 Å². The number of esters is 1. The van der Waals surface area contributed by atoms with Crippen LogP contribution < -0.4 is 0 Å². The molecule has 2 atom stereocenters. The summed E-state index contributed by atoms with van der Waals surface area (Å²) < 4.78 is 4.98. The van der Waals surface area contributed by atoms with Gasteiger partial charge in [-0.15, -0.1) is 0 Å². The second kappa shape index (κ2) is 3.90. The normalized spacial score (nSPS) is 30.6. The third-order valence-electron chi connectivity index (χ3n) is 2.66. The maximum atomic E-state index is 11.4. The van der Waals surface area contributed by atoms with Crippen LogP contribution in [0.15, 0.2) is 0 Å². The first-order valence-electron chi connectivity index (χ1n) is 4.53. The summed E-state index contributed by atoms with van der Waals surface area (Å²) in [6, 6.07) is 0.337. The average molecular weight is 171 g/mol. The number of rotatable bonds is 2. The second-order valence-electron chi connectivity index (χ2n) is 3.37. The van der Waals surface area contributed by atoms with Gasteiger partial charge in [0.2, 0.25) is 0 Å². The summed E-state index contributed by atoms with van der Waals surface area (Å²) >= 11 is 0. The fraction of sp³-hybridized carbons (Fsp3) is 0.889. The largest absolute Gasteiger partial charge is 0.466 e. The van der Waals surface area contributed by atoms with Crippen molar-refractivity contribution in [3.8, 4) is 0 Å². The molecular weight excluding hydrogens is 154 g/mol. The molecule has 3 nitrogen and oxygen atoms in total. The Morgan fingerprint density at radius 2 is 2.33 bits per heavy atom. The van der Waals surface area contributed by atoms with Gasteiger partial charge in [0.15, 0.2) is 0 Å². The lowest BCUT2D eigenvalue weighted by Gasteiger charge is -2.18. The van der Waals surface area contributed by atoms with E-state index in [2.05, 4.69) is 11.8 Å². The Morgan fingerprint density at radius 1 is 1.67 bits per heavy atom. The Bertz CT molecular complexity index is 170. The number of hydrogen-bond donors (Lipinski definition) is 0. The van der Waals surface area contributed by atoms with E-state index >= 15 is 0 Å². The van der Waals surface area contributed by atoms with Crippen LogP contribution in [0.2, 0.25) is 0 Å². The van der Waals surface area contributed by atoms with Gasteiger partial charge in [-0.25, -0.2) is 0 Å². The van der Waals surface area contributed by atoms with E-state index in [0.29, 0.717) is 12.6 Å². The van der Waals surface area contributed by atoms with Gasteiger partial charge in [-0.05, 0) is 33.9 Å². The summed E-state index contributed by atoms with van der Waals surface area (Å²) in [6.45, 7) is 5.42. The highest BCUT2D eigenvalue weighted by molar-refractivity contribution is 5.73. The van der Waals surface area contributed by atoms with E-state index in [4.69, 9.17) is 4.74 Å². The Labute approximate surface area is 73.7 Å². The summed E-state index contributed by atoms with van der Waals surface area (Å²) in [4.78, 5) is 13.5. The zero-order chi connectivity index (χ0) is 9.14. The van der Waals surface area contributed by atoms with Crippen molar-refractivity contribution >= 4 is 5.97 Å². The van der Waals surface area contributed by atoms with E-state index in [1.165, 1.54) is 0 Å². The molecule has 70 valence electrons. The van der Waals surface area contributed by atoms with Crippen LogP contribution in [0.3, 0.4) is 0 Å². The molecule has 1 saturated heterocycles. The minimum Gasteiger partial charge on any atom is -0.466 e. The Hall–Kier alpha value is -0.570. The molecule has 2 unspecified atom stereocenters. The molecule has 3 heteroatoms. The predicted octanol–water partition coefficient (Wildman–Crippen LogP) is 0.890. The van der Waals surface area contributed by atoms with Crippen molar-refractivity contribution in [2.24, 2.45) is 5.92 Å². The Kier molecular flexibility index (Phi) is 3.09. The first-order chi connectivity index (χ1) is 5.66. The number of likely N-dealkylation sites (tertiary alicyclic amines) is 1. The van der Waals surface area contributed by atoms with Crippen molar-refractivity contribution in [3.63, 3.8) is 0 Å². The van der Waals surface area contributed by atoms with Crippen LogP contribution in [0.1, 0.15) is 20.3 Å². The van der Waals surface area contributed by atoms with Crippen LogP contribution in [-0.4, -0.2) is 37.1 Å². The zero-order valence-corrected chi connectivity index (χ0v) is 8.04. The van der Waals surface area contributed by atoms with E-state index < -0.39 is 0 Å². The molecular formula is C9H17NO2. The lowest BCUT2D eigenvalue weighted by Crippen LogP contribution is -2.31. The summed E-state index contributed by atoms with van der Waals surface area (Å²) in [5, 5.41) is 0. The average Bonchev–Trinajstić information content (AvgIpc) is 2.34. The summed E-state index contributed by atoms with van der Waals surface area (Å²) in [6.07, 6.45) is 0.941. The molecule has 0 aliphatic carbocycles. The van der Waals surface area contributed by atoms with Crippen LogP contribution in [0.5, 0.6) is 0 Å². The van der Waals surface area contributed by atoms with Crippen LogP contribution in [0.4, 0.5) is 0 Å². The number of carbonyl (C=O) groups is 1. The van der Waals surface area contributed by atoms with Gasteiger partial charge in [0, 0.05) is 6.04 Å². The van der Waals surface area contributed by atoms with E-state index in [-0.39, 0.29) is 11.9 Å². The molecule has 0 aromatic carbocycles. The van der Waals surface area contributed by atoms with Gasteiger partial charge in [0.05, 0.1) is 12.5 Å². The summed E-state index contributed by atoms with van der Waals surface area (Å²) in [5.41, 5.74) is 0. The van der Waals surface area contributed by atoms with E-state index in [1.54, 1.807) is 0 Å². The summed E-state index contributed by atoms with van der Waals surface area (Å²) in [7, 11) is 2.05. The molecule has 12 heavy (non-hydrogen) atoms. The lowest BCUT2D eigenvalue weighted by molar-refractivity contribution is -0.148. The van der Waals surface area contributed by atoms with E-state index in [9.17, 15) is 4.79 Å². The van der Waals surface area contributed by atoms with Gasteiger partial charge in [0.1, 0.15) is 0 Å². The topological polar surface area (TPSA) is 29.5 Å². The molecule has 0 saturated carbocycles. The van der Waals surface area contributed by atoms with Crippen molar-refractivity contribution in [1.29, 1.82) is 0 Å².